The van der Waals surface area contributed by atoms with Gasteiger partial charge in [0.15, 0.2) is 0 Å². The van der Waals surface area contributed by atoms with E-state index in [-0.39, 0.29) is 0 Å². The van der Waals surface area contributed by atoms with Crippen LogP contribution in [0.3, 0.4) is 0 Å². The van der Waals surface area contributed by atoms with E-state index in [1.807, 2.05) is 11.9 Å². The number of nitrogens with zero attached hydrogens (tertiary/aromatic N) is 1. The van der Waals surface area contributed by atoms with Crippen molar-refractivity contribution in [1.82, 2.24) is 14.9 Å². The molecule has 1 rings (SSSR count). The van der Waals surface area contributed by atoms with E-state index >= 15 is 0 Å². The first-order valence-electron chi connectivity index (χ1n) is 5.64. The van der Waals surface area contributed by atoms with Crippen molar-refractivity contribution in [2.45, 2.75) is 33.4 Å². The highest BCUT2D eigenvalue weighted by molar-refractivity contribution is 4.87. The molecule has 17 heavy (non-hydrogen) atoms. The Bertz CT molecular complexity index is 478. The van der Waals surface area contributed by atoms with E-state index in [1.165, 1.54) is 0 Å². The average molecular weight is 243 g/mol. The molecule has 2 N–H and O–H groups in total. The zero-order chi connectivity index (χ0) is 13.0. The zero-order valence-electron chi connectivity index (χ0n) is 10.3. The van der Waals surface area contributed by atoms with Crippen LogP contribution in [0.2, 0.25) is 0 Å². The smallest absolute Gasteiger partial charge is 0.312 e. The van der Waals surface area contributed by atoms with E-state index in [4.69, 9.17) is 0 Å². The van der Waals surface area contributed by atoms with Gasteiger partial charge >= 0.3 is 5.69 Å². The molecular weight excluding hydrogens is 225 g/mol. The summed E-state index contributed by atoms with van der Waals surface area (Å²) in [6, 6.07) is 0.318. The summed E-state index contributed by atoms with van der Waals surface area (Å²) in [7, 11) is 0. The van der Waals surface area contributed by atoms with Crippen LogP contribution in [0, 0.1) is 11.7 Å². The standard InChI is InChI=1S/C11H18FN3O2/c1-7(2)8(3)13-4-5-15-6-9(12)10(16)14-11(15)17/h6-8,13H,4-5H2,1-3H3,(H,14,16,17). The Labute approximate surface area is 98.7 Å². The van der Waals surface area contributed by atoms with Crippen LogP contribution in [-0.2, 0) is 6.54 Å². The number of hydrogen-bond acceptors (Lipinski definition) is 3. The van der Waals surface area contributed by atoms with Crippen LogP contribution in [0.1, 0.15) is 20.8 Å². The van der Waals surface area contributed by atoms with Gasteiger partial charge in [0.25, 0.3) is 5.56 Å². The summed E-state index contributed by atoms with van der Waals surface area (Å²) in [6.45, 7) is 7.09. The van der Waals surface area contributed by atoms with Gasteiger partial charge in [-0.1, -0.05) is 13.8 Å². The number of aromatic nitrogens is 2. The maximum absolute atomic E-state index is 12.9. The molecule has 1 heterocycles. The molecule has 0 amide bonds. The molecule has 0 aromatic carbocycles. The van der Waals surface area contributed by atoms with Crippen LogP contribution in [0.15, 0.2) is 15.8 Å². The number of halogens is 1. The number of H-pyrrole nitrogens is 1. The Balaban J connectivity index is 2.62. The molecule has 0 saturated carbocycles. The first kappa shape index (κ1) is 13.6. The molecule has 96 valence electrons. The van der Waals surface area contributed by atoms with Gasteiger partial charge in [-0.2, -0.15) is 4.39 Å². The van der Waals surface area contributed by atoms with Crippen LogP contribution in [-0.4, -0.2) is 22.1 Å². The van der Waals surface area contributed by atoms with Crippen LogP contribution >= 0.6 is 0 Å². The van der Waals surface area contributed by atoms with Crippen molar-refractivity contribution in [3.05, 3.63) is 32.9 Å². The maximum atomic E-state index is 12.9. The molecule has 1 aromatic heterocycles. The summed E-state index contributed by atoms with van der Waals surface area (Å²) in [5.74, 6) is -0.458. The third-order valence-electron chi connectivity index (χ3n) is 2.79. The first-order valence-corrected chi connectivity index (χ1v) is 5.64. The summed E-state index contributed by atoms with van der Waals surface area (Å²) in [6.07, 6.45) is 0.933. The van der Waals surface area contributed by atoms with E-state index in [2.05, 4.69) is 19.2 Å². The molecule has 0 aliphatic carbocycles. The molecule has 0 aliphatic rings. The van der Waals surface area contributed by atoms with Crippen molar-refractivity contribution in [1.29, 1.82) is 0 Å². The van der Waals surface area contributed by atoms with E-state index in [0.29, 0.717) is 25.0 Å². The van der Waals surface area contributed by atoms with Crippen LogP contribution in [0.25, 0.3) is 0 Å². The molecule has 1 unspecified atom stereocenters. The Morgan fingerprint density at radius 2 is 2.06 bits per heavy atom. The van der Waals surface area contributed by atoms with Crippen molar-refractivity contribution in [3.63, 3.8) is 0 Å². The van der Waals surface area contributed by atoms with Crippen molar-refractivity contribution in [3.8, 4) is 0 Å². The fourth-order valence-corrected chi connectivity index (χ4v) is 1.30. The quantitative estimate of drug-likeness (QED) is 0.782. The monoisotopic (exact) mass is 243 g/mol. The molecule has 0 spiro atoms. The number of aromatic amines is 1. The minimum absolute atomic E-state index is 0.318. The Morgan fingerprint density at radius 3 is 2.65 bits per heavy atom. The minimum atomic E-state index is -0.977. The highest BCUT2D eigenvalue weighted by Gasteiger charge is 2.07. The lowest BCUT2D eigenvalue weighted by Gasteiger charge is -2.17. The summed E-state index contributed by atoms with van der Waals surface area (Å²) in [5, 5.41) is 3.22. The van der Waals surface area contributed by atoms with Gasteiger partial charge in [0.2, 0.25) is 5.82 Å². The van der Waals surface area contributed by atoms with E-state index < -0.39 is 17.1 Å². The van der Waals surface area contributed by atoms with Gasteiger partial charge < -0.3 is 5.32 Å². The normalized spacial score (nSPS) is 13.0. The first-order chi connectivity index (χ1) is 7.91. The predicted molar refractivity (Wildman–Crippen MR) is 63.6 cm³/mol. The fourth-order valence-electron chi connectivity index (χ4n) is 1.30. The molecule has 0 fully saturated rings. The molecular formula is C11H18FN3O2. The third kappa shape index (κ3) is 3.81. The second kappa shape index (κ2) is 5.77. The number of hydrogen-bond donors (Lipinski definition) is 2. The summed E-state index contributed by atoms with van der Waals surface area (Å²) in [4.78, 5) is 24.0. The number of rotatable bonds is 5. The van der Waals surface area contributed by atoms with Crippen LogP contribution < -0.4 is 16.6 Å². The summed E-state index contributed by atoms with van der Waals surface area (Å²) in [5.41, 5.74) is -1.56. The topological polar surface area (TPSA) is 66.9 Å². The van der Waals surface area contributed by atoms with Crippen molar-refractivity contribution < 1.29 is 4.39 Å². The van der Waals surface area contributed by atoms with Gasteiger partial charge in [-0.15, -0.1) is 0 Å². The summed E-state index contributed by atoms with van der Waals surface area (Å²) >= 11 is 0. The second-order valence-electron chi connectivity index (χ2n) is 4.42. The van der Waals surface area contributed by atoms with Crippen molar-refractivity contribution in [2.24, 2.45) is 5.92 Å². The largest absolute Gasteiger partial charge is 0.328 e. The molecule has 0 radical (unpaired) electrons. The summed E-state index contributed by atoms with van der Waals surface area (Å²) < 4.78 is 14.1. The predicted octanol–water partition coefficient (Wildman–Crippen LogP) is 0.310. The van der Waals surface area contributed by atoms with E-state index in [9.17, 15) is 14.0 Å². The van der Waals surface area contributed by atoms with Gasteiger partial charge in [-0.3, -0.25) is 14.3 Å². The van der Waals surface area contributed by atoms with Crippen molar-refractivity contribution in [2.75, 3.05) is 6.54 Å². The van der Waals surface area contributed by atoms with E-state index in [1.54, 1.807) is 0 Å². The Hall–Kier alpha value is -1.43. The van der Waals surface area contributed by atoms with Crippen LogP contribution in [0.5, 0.6) is 0 Å². The third-order valence-corrected chi connectivity index (χ3v) is 2.79. The highest BCUT2D eigenvalue weighted by Crippen LogP contribution is 1.98. The molecule has 1 atom stereocenters. The number of nitrogens with one attached hydrogen (secondary N) is 2. The van der Waals surface area contributed by atoms with Gasteiger partial charge in [-0.05, 0) is 12.8 Å². The van der Waals surface area contributed by atoms with Gasteiger partial charge in [0.1, 0.15) is 0 Å². The van der Waals surface area contributed by atoms with Gasteiger partial charge in [0, 0.05) is 19.1 Å². The lowest BCUT2D eigenvalue weighted by Crippen LogP contribution is -2.37. The molecule has 0 aliphatic heterocycles. The lowest BCUT2D eigenvalue weighted by atomic mass is 10.1. The van der Waals surface area contributed by atoms with Crippen LogP contribution in [0.4, 0.5) is 4.39 Å². The highest BCUT2D eigenvalue weighted by atomic mass is 19.1. The maximum Gasteiger partial charge on any atom is 0.328 e. The zero-order valence-corrected chi connectivity index (χ0v) is 10.3. The molecule has 6 heteroatoms. The SMILES string of the molecule is CC(C)C(C)NCCn1cc(F)c(=O)[nH]c1=O. The molecule has 0 saturated heterocycles. The molecule has 0 bridgehead atoms. The lowest BCUT2D eigenvalue weighted by molar-refractivity contribution is 0.411. The van der Waals surface area contributed by atoms with Crippen molar-refractivity contribution >= 4 is 0 Å². The Kier molecular flexibility index (Phi) is 4.62. The van der Waals surface area contributed by atoms with E-state index in [0.717, 1.165) is 10.8 Å². The van der Waals surface area contributed by atoms with Gasteiger partial charge in [-0.25, -0.2) is 4.79 Å². The molecule has 1 aromatic rings. The molecule has 5 nitrogen and oxygen atoms in total. The minimum Gasteiger partial charge on any atom is -0.312 e. The average Bonchev–Trinajstić information content (AvgIpc) is 2.25. The second-order valence-corrected chi connectivity index (χ2v) is 4.42. The Morgan fingerprint density at radius 1 is 1.41 bits per heavy atom. The van der Waals surface area contributed by atoms with Gasteiger partial charge in [0.05, 0.1) is 6.20 Å². The fraction of sp³-hybridized carbons (Fsp3) is 0.636.